The molecule has 0 spiro atoms. The summed E-state index contributed by atoms with van der Waals surface area (Å²) >= 11 is 1.58. The second-order valence-electron chi connectivity index (χ2n) is 6.60. The van der Waals surface area contributed by atoms with E-state index in [0.717, 1.165) is 47.2 Å². The van der Waals surface area contributed by atoms with E-state index in [9.17, 15) is 4.79 Å². The third-order valence-electron chi connectivity index (χ3n) is 4.68. The Morgan fingerprint density at radius 3 is 2.93 bits per heavy atom. The first kappa shape index (κ1) is 17.9. The number of ether oxygens (including phenoxy) is 1. The van der Waals surface area contributed by atoms with Gasteiger partial charge in [-0.15, -0.1) is 11.3 Å². The highest BCUT2D eigenvalue weighted by Gasteiger charge is 2.23. The van der Waals surface area contributed by atoms with Gasteiger partial charge in [0.05, 0.1) is 5.39 Å². The van der Waals surface area contributed by atoms with Crippen molar-refractivity contribution in [2.45, 2.75) is 31.9 Å². The minimum atomic E-state index is -0.287. The fraction of sp³-hybridized carbons (Fsp3) is 0.350. The highest BCUT2D eigenvalue weighted by Crippen LogP contribution is 2.37. The topological polar surface area (TPSA) is 76.1 Å². The minimum absolute atomic E-state index is 0.0315. The molecule has 1 saturated heterocycles. The number of amides is 1. The Balaban J connectivity index is 1.80. The number of carbonyl (C=O) groups excluding carboxylic acids is 1. The summed E-state index contributed by atoms with van der Waals surface area (Å²) < 4.78 is 5.23. The second kappa shape index (κ2) is 8.02. The molecule has 27 heavy (non-hydrogen) atoms. The Morgan fingerprint density at radius 2 is 2.11 bits per heavy atom. The maximum absolute atomic E-state index is 12.4. The number of nitrogens with one attached hydrogen (secondary N) is 2. The summed E-state index contributed by atoms with van der Waals surface area (Å²) in [4.78, 5) is 22.6. The summed E-state index contributed by atoms with van der Waals surface area (Å²) in [5.74, 6) is 1.35. The molecule has 1 aromatic carbocycles. The van der Waals surface area contributed by atoms with Crippen LogP contribution in [-0.2, 0) is 16.1 Å². The highest BCUT2D eigenvalue weighted by atomic mass is 32.1. The van der Waals surface area contributed by atoms with Crippen LogP contribution >= 0.6 is 11.3 Å². The molecule has 1 aliphatic rings. The van der Waals surface area contributed by atoms with Crippen LogP contribution in [0.2, 0.25) is 0 Å². The molecular weight excluding hydrogens is 360 g/mol. The largest absolute Gasteiger partial charge is 0.377 e. The van der Waals surface area contributed by atoms with Gasteiger partial charge in [0, 0.05) is 24.6 Å². The number of benzene rings is 1. The first-order valence-corrected chi connectivity index (χ1v) is 10.0. The first-order chi connectivity index (χ1) is 13.3. The lowest BCUT2D eigenvalue weighted by Gasteiger charge is -2.17. The molecule has 7 heteroatoms. The molecule has 0 aliphatic carbocycles. The van der Waals surface area contributed by atoms with Gasteiger partial charge in [0.1, 0.15) is 23.3 Å². The fourth-order valence-electron chi connectivity index (χ4n) is 3.36. The number of hydrogen-bond acceptors (Lipinski definition) is 6. The SMILES string of the molecule is COCc1nc(NC2CCCCNC2=O)c2c(-c3ccccc3)csc2n1. The fourth-order valence-corrected chi connectivity index (χ4v) is 4.32. The van der Waals surface area contributed by atoms with E-state index in [1.54, 1.807) is 18.4 Å². The Morgan fingerprint density at radius 1 is 1.26 bits per heavy atom. The van der Waals surface area contributed by atoms with Crippen molar-refractivity contribution in [1.29, 1.82) is 0 Å². The Labute approximate surface area is 162 Å². The Hall–Kier alpha value is -2.51. The lowest BCUT2D eigenvalue weighted by Crippen LogP contribution is -2.38. The number of methoxy groups -OCH3 is 1. The van der Waals surface area contributed by atoms with Crippen molar-refractivity contribution in [3.05, 3.63) is 41.5 Å². The molecule has 6 nitrogen and oxygen atoms in total. The molecule has 140 valence electrons. The molecule has 0 radical (unpaired) electrons. The second-order valence-corrected chi connectivity index (χ2v) is 7.46. The van der Waals surface area contributed by atoms with Gasteiger partial charge in [0.2, 0.25) is 5.91 Å². The third-order valence-corrected chi connectivity index (χ3v) is 5.56. The molecule has 1 aliphatic heterocycles. The molecule has 3 aromatic rings. The third kappa shape index (κ3) is 3.79. The van der Waals surface area contributed by atoms with Crippen LogP contribution in [0.4, 0.5) is 5.82 Å². The van der Waals surface area contributed by atoms with E-state index in [-0.39, 0.29) is 11.9 Å². The van der Waals surface area contributed by atoms with Gasteiger partial charge in [-0.2, -0.15) is 0 Å². The zero-order valence-electron chi connectivity index (χ0n) is 15.2. The van der Waals surface area contributed by atoms with Crippen LogP contribution in [0, 0.1) is 0 Å². The quantitative estimate of drug-likeness (QED) is 0.705. The number of nitrogens with zero attached hydrogens (tertiary/aromatic N) is 2. The van der Waals surface area contributed by atoms with Gasteiger partial charge in [-0.3, -0.25) is 4.79 Å². The number of thiophene rings is 1. The van der Waals surface area contributed by atoms with Gasteiger partial charge in [-0.1, -0.05) is 30.3 Å². The van der Waals surface area contributed by atoms with Crippen LogP contribution in [0.5, 0.6) is 0 Å². The number of anilines is 1. The van der Waals surface area contributed by atoms with Crippen molar-refractivity contribution >= 4 is 33.3 Å². The maximum Gasteiger partial charge on any atom is 0.242 e. The van der Waals surface area contributed by atoms with Crippen LogP contribution in [0.15, 0.2) is 35.7 Å². The van der Waals surface area contributed by atoms with E-state index in [1.807, 2.05) is 18.2 Å². The van der Waals surface area contributed by atoms with Crippen molar-refractivity contribution in [2.24, 2.45) is 0 Å². The summed E-state index contributed by atoms with van der Waals surface area (Å²) in [7, 11) is 1.63. The van der Waals surface area contributed by atoms with Crippen LogP contribution in [-0.4, -0.2) is 35.6 Å². The Bertz CT molecular complexity index is 942. The molecule has 0 bridgehead atoms. The van der Waals surface area contributed by atoms with Crippen molar-refractivity contribution in [1.82, 2.24) is 15.3 Å². The molecule has 1 unspecified atom stereocenters. The first-order valence-electron chi connectivity index (χ1n) is 9.13. The maximum atomic E-state index is 12.4. The van der Waals surface area contributed by atoms with Gasteiger partial charge < -0.3 is 15.4 Å². The zero-order valence-corrected chi connectivity index (χ0v) is 16.0. The standard InChI is InChI=1S/C20H22N4O2S/c1-26-11-16-23-18(22-15-9-5-6-10-21-19(15)25)17-14(12-27-20(17)24-16)13-7-3-2-4-8-13/h2-4,7-8,12,15H,5-6,9-11H2,1H3,(H,21,25)(H,22,23,24). The van der Waals surface area contributed by atoms with E-state index < -0.39 is 0 Å². The van der Waals surface area contributed by atoms with Crippen LogP contribution in [0.25, 0.3) is 21.3 Å². The van der Waals surface area contributed by atoms with E-state index in [0.29, 0.717) is 18.2 Å². The van der Waals surface area contributed by atoms with Crippen LogP contribution in [0.3, 0.4) is 0 Å². The smallest absolute Gasteiger partial charge is 0.242 e. The molecular formula is C20H22N4O2S. The van der Waals surface area contributed by atoms with Gasteiger partial charge in [0.25, 0.3) is 0 Å². The van der Waals surface area contributed by atoms with Gasteiger partial charge >= 0.3 is 0 Å². The summed E-state index contributed by atoms with van der Waals surface area (Å²) in [6.45, 7) is 1.07. The number of carbonyl (C=O) groups is 1. The number of rotatable bonds is 5. The molecule has 4 rings (SSSR count). The van der Waals surface area contributed by atoms with Crippen molar-refractivity contribution in [2.75, 3.05) is 19.0 Å². The molecule has 3 heterocycles. The summed E-state index contributed by atoms with van der Waals surface area (Å²) in [5.41, 5.74) is 2.19. The summed E-state index contributed by atoms with van der Waals surface area (Å²) in [6, 6.07) is 9.90. The van der Waals surface area contributed by atoms with E-state index in [1.165, 1.54) is 0 Å². The zero-order chi connectivity index (χ0) is 18.6. The van der Waals surface area contributed by atoms with Crippen molar-refractivity contribution in [3.8, 4) is 11.1 Å². The number of fused-ring (bicyclic) bond motifs is 1. The van der Waals surface area contributed by atoms with E-state index in [4.69, 9.17) is 4.74 Å². The van der Waals surface area contributed by atoms with Crippen LogP contribution in [0.1, 0.15) is 25.1 Å². The molecule has 1 amide bonds. The van der Waals surface area contributed by atoms with Gasteiger partial charge in [-0.25, -0.2) is 9.97 Å². The predicted octanol–water partition coefficient (Wildman–Crippen LogP) is 3.59. The molecule has 2 N–H and O–H groups in total. The summed E-state index contributed by atoms with van der Waals surface area (Å²) in [5, 5.41) is 9.43. The molecule has 1 fully saturated rings. The average molecular weight is 382 g/mol. The van der Waals surface area contributed by atoms with Crippen molar-refractivity contribution in [3.63, 3.8) is 0 Å². The van der Waals surface area contributed by atoms with Crippen LogP contribution < -0.4 is 10.6 Å². The van der Waals surface area contributed by atoms with E-state index >= 15 is 0 Å². The highest BCUT2D eigenvalue weighted by molar-refractivity contribution is 7.17. The predicted molar refractivity (Wildman–Crippen MR) is 108 cm³/mol. The van der Waals surface area contributed by atoms with E-state index in [2.05, 4.69) is 38.1 Å². The minimum Gasteiger partial charge on any atom is -0.377 e. The lowest BCUT2D eigenvalue weighted by atomic mass is 10.1. The van der Waals surface area contributed by atoms with Crippen molar-refractivity contribution < 1.29 is 9.53 Å². The molecule has 0 saturated carbocycles. The average Bonchev–Trinajstić information content (AvgIpc) is 3.01. The lowest BCUT2D eigenvalue weighted by molar-refractivity contribution is -0.121. The summed E-state index contributed by atoms with van der Waals surface area (Å²) in [6.07, 6.45) is 2.80. The van der Waals surface area contributed by atoms with Gasteiger partial charge in [0.15, 0.2) is 5.82 Å². The normalized spacial score (nSPS) is 17.5. The molecule has 2 aromatic heterocycles. The Kier molecular flexibility index (Phi) is 5.31. The number of aromatic nitrogens is 2. The number of hydrogen-bond donors (Lipinski definition) is 2. The monoisotopic (exact) mass is 382 g/mol. The van der Waals surface area contributed by atoms with Gasteiger partial charge in [-0.05, 0) is 24.8 Å². The molecule has 1 atom stereocenters.